The van der Waals surface area contributed by atoms with Crippen LogP contribution in [0.4, 0.5) is 0 Å². The summed E-state index contributed by atoms with van der Waals surface area (Å²) in [5, 5.41) is 3.67. The molecule has 1 aliphatic heterocycles. The summed E-state index contributed by atoms with van der Waals surface area (Å²) in [6, 6.07) is 9.72. The predicted molar refractivity (Wildman–Crippen MR) is 63.1 cm³/mol. The van der Waals surface area contributed by atoms with Crippen molar-refractivity contribution in [2.75, 3.05) is 6.54 Å². The summed E-state index contributed by atoms with van der Waals surface area (Å²) >= 11 is 0. The van der Waals surface area contributed by atoms with Crippen LogP contribution in [0.25, 0.3) is 0 Å². The Morgan fingerprint density at radius 3 is 3.00 bits per heavy atom. The SMILES string of the molecule is CC1CNC2Cc3ccccc3C1(C)C2. The van der Waals surface area contributed by atoms with E-state index in [-0.39, 0.29) is 0 Å². The van der Waals surface area contributed by atoms with Crippen molar-refractivity contribution < 1.29 is 0 Å². The molecule has 1 heterocycles. The molecule has 3 rings (SSSR count). The Kier molecular flexibility index (Phi) is 1.93. The molecular formula is C14H19N. The molecule has 0 spiro atoms. The van der Waals surface area contributed by atoms with Gasteiger partial charge >= 0.3 is 0 Å². The summed E-state index contributed by atoms with van der Waals surface area (Å²) in [6.07, 6.45) is 2.53. The number of fused-ring (bicyclic) bond motifs is 4. The van der Waals surface area contributed by atoms with E-state index in [1.807, 2.05) is 0 Å². The van der Waals surface area contributed by atoms with Crippen molar-refractivity contribution in [3.63, 3.8) is 0 Å². The topological polar surface area (TPSA) is 12.0 Å². The summed E-state index contributed by atoms with van der Waals surface area (Å²) in [5.41, 5.74) is 3.58. The lowest BCUT2D eigenvalue weighted by Crippen LogP contribution is -2.54. The van der Waals surface area contributed by atoms with E-state index < -0.39 is 0 Å². The van der Waals surface area contributed by atoms with Gasteiger partial charge in [-0.05, 0) is 41.8 Å². The number of hydrogen-bond acceptors (Lipinski definition) is 1. The van der Waals surface area contributed by atoms with Crippen LogP contribution in [-0.2, 0) is 11.8 Å². The molecule has 1 fully saturated rings. The van der Waals surface area contributed by atoms with E-state index in [4.69, 9.17) is 0 Å². The third-order valence-electron chi connectivity index (χ3n) is 4.57. The second-order valence-electron chi connectivity index (χ2n) is 5.49. The van der Waals surface area contributed by atoms with Crippen molar-refractivity contribution in [3.8, 4) is 0 Å². The zero-order valence-corrected chi connectivity index (χ0v) is 9.59. The standard InChI is InChI=1S/C14H19N/c1-10-9-15-12-7-11-5-3-4-6-13(11)14(10,2)8-12/h3-6,10,12,15H,7-9H2,1-2H3. The van der Waals surface area contributed by atoms with Crippen molar-refractivity contribution in [1.82, 2.24) is 5.32 Å². The molecule has 80 valence electrons. The van der Waals surface area contributed by atoms with E-state index in [1.165, 1.54) is 19.4 Å². The van der Waals surface area contributed by atoms with E-state index in [0.29, 0.717) is 11.5 Å². The number of nitrogens with one attached hydrogen (secondary N) is 1. The van der Waals surface area contributed by atoms with E-state index in [2.05, 4.69) is 43.4 Å². The van der Waals surface area contributed by atoms with Crippen LogP contribution in [0.5, 0.6) is 0 Å². The summed E-state index contributed by atoms with van der Waals surface area (Å²) < 4.78 is 0. The normalized spacial score (nSPS) is 38.5. The van der Waals surface area contributed by atoms with Crippen molar-refractivity contribution in [2.24, 2.45) is 5.92 Å². The third kappa shape index (κ3) is 1.26. The van der Waals surface area contributed by atoms with Crippen LogP contribution >= 0.6 is 0 Å². The highest BCUT2D eigenvalue weighted by atomic mass is 14.9. The fraction of sp³-hybridized carbons (Fsp3) is 0.571. The highest BCUT2D eigenvalue weighted by Gasteiger charge is 2.43. The maximum absolute atomic E-state index is 3.67. The highest BCUT2D eigenvalue weighted by Crippen LogP contribution is 2.44. The first-order valence-corrected chi connectivity index (χ1v) is 6.02. The van der Waals surface area contributed by atoms with Crippen LogP contribution in [0.15, 0.2) is 24.3 Å². The average molecular weight is 201 g/mol. The fourth-order valence-electron chi connectivity index (χ4n) is 3.39. The first kappa shape index (κ1) is 9.41. The maximum Gasteiger partial charge on any atom is 0.0116 e. The lowest BCUT2D eigenvalue weighted by Gasteiger charge is -2.49. The number of piperidine rings is 1. The van der Waals surface area contributed by atoms with E-state index in [1.54, 1.807) is 11.1 Å². The quantitative estimate of drug-likeness (QED) is 0.680. The van der Waals surface area contributed by atoms with Crippen molar-refractivity contribution in [2.45, 2.75) is 38.1 Å². The van der Waals surface area contributed by atoms with E-state index in [9.17, 15) is 0 Å². The Morgan fingerprint density at radius 2 is 2.13 bits per heavy atom. The molecule has 1 nitrogen and oxygen atoms in total. The van der Waals surface area contributed by atoms with Crippen LogP contribution in [0.1, 0.15) is 31.4 Å². The zero-order valence-electron chi connectivity index (χ0n) is 9.59. The van der Waals surface area contributed by atoms with Gasteiger partial charge in [-0.3, -0.25) is 0 Å². The molecule has 0 radical (unpaired) electrons. The Labute approximate surface area is 91.9 Å². The molecule has 1 saturated heterocycles. The molecule has 1 N–H and O–H groups in total. The smallest absolute Gasteiger partial charge is 0.0116 e. The molecular weight excluding hydrogens is 182 g/mol. The number of rotatable bonds is 0. The van der Waals surface area contributed by atoms with Crippen LogP contribution < -0.4 is 5.32 Å². The van der Waals surface area contributed by atoms with Gasteiger partial charge in [0.05, 0.1) is 0 Å². The second-order valence-corrected chi connectivity index (χ2v) is 5.49. The number of hydrogen-bond donors (Lipinski definition) is 1. The van der Waals surface area contributed by atoms with Gasteiger partial charge in [-0.1, -0.05) is 38.1 Å². The second kappa shape index (κ2) is 3.08. The molecule has 0 amide bonds. The molecule has 15 heavy (non-hydrogen) atoms. The Bertz CT molecular complexity index is 385. The Morgan fingerprint density at radius 1 is 1.33 bits per heavy atom. The molecule has 2 aliphatic rings. The summed E-state index contributed by atoms with van der Waals surface area (Å²) in [4.78, 5) is 0. The van der Waals surface area contributed by atoms with Gasteiger partial charge in [0.25, 0.3) is 0 Å². The third-order valence-corrected chi connectivity index (χ3v) is 4.57. The minimum Gasteiger partial charge on any atom is -0.313 e. The van der Waals surface area contributed by atoms with Crippen LogP contribution in [0, 0.1) is 5.92 Å². The van der Waals surface area contributed by atoms with Crippen LogP contribution in [-0.4, -0.2) is 12.6 Å². The van der Waals surface area contributed by atoms with Gasteiger partial charge in [0.1, 0.15) is 0 Å². The van der Waals surface area contributed by atoms with Gasteiger partial charge in [-0.15, -0.1) is 0 Å². The lowest BCUT2D eigenvalue weighted by molar-refractivity contribution is 0.176. The van der Waals surface area contributed by atoms with Gasteiger partial charge in [0.2, 0.25) is 0 Å². The first-order chi connectivity index (χ1) is 7.20. The molecule has 0 saturated carbocycles. The van der Waals surface area contributed by atoms with Crippen molar-refractivity contribution in [3.05, 3.63) is 35.4 Å². The fourth-order valence-corrected chi connectivity index (χ4v) is 3.39. The lowest BCUT2D eigenvalue weighted by atomic mass is 9.61. The Balaban J connectivity index is 2.15. The van der Waals surface area contributed by atoms with E-state index in [0.717, 1.165) is 5.92 Å². The van der Waals surface area contributed by atoms with Crippen molar-refractivity contribution >= 4 is 0 Å². The van der Waals surface area contributed by atoms with Gasteiger partial charge in [0, 0.05) is 6.04 Å². The van der Waals surface area contributed by atoms with Crippen molar-refractivity contribution in [1.29, 1.82) is 0 Å². The zero-order chi connectivity index (χ0) is 10.5. The molecule has 0 aromatic heterocycles. The van der Waals surface area contributed by atoms with Gasteiger partial charge in [-0.25, -0.2) is 0 Å². The maximum atomic E-state index is 3.67. The molecule has 3 atom stereocenters. The summed E-state index contributed by atoms with van der Waals surface area (Å²) in [7, 11) is 0. The van der Waals surface area contributed by atoms with E-state index >= 15 is 0 Å². The predicted octanol–water partition coefficient (Wildman–Crippen LogP) is 2.50. The highest BCUT2D eigenvalue weighted by molar-refractivity contribution is 5.39. The first-order valence-electron chi connectivity index (χ1n) is 6.02. The van der Waals surface area contributed by atoms with Crippen LogP contribution in [0.2, 0.25) is 0 Å². The monoisotopic (exact) mass is 201 g/mol. The number of benzene rings is 1. The van der Waals surface area contributed by atoms with Gasteiger partial charge < -0.3 is 5.32 Å². The molecule has 2 bridgehead atoms. The minimum atomic E-state index is 0.408. The molecule has 1 aromatic rings. The molecule has 1 aromatic carbocycles. The molecule has 1 aliphatic carbocycles. The largest absolute Gasteiger partial charge is 0.313 e. The Hall–Kier alpha value is -0.820. The van der Waals surface area contributed by atoms with Crippen LogP contribution in [0.3, 0.4) is 0 Å². The minimum absolute atomic E-state index is 0.408. The molecule has 3 unspecified atom stereocenters. The molecule has 1 heteroatoms. The average Bonchev–Trinajstić information content (AvgIpc) is 2.24. The summed E-state index contributed by atoms with van der Waals surface area (Å²) in [5.74, 6) is 0.746. The van der Waals surface area contributed by atoms with Gasteiger partial charge in [0.15, 0.2) is 0 Å². The van der Waals surface area contributed by atoms with Gasteiger partial charge in [-0.2, -0.15) is 0 Å². The summed E-state index contributed by atoms with van der Waals surface area (Å²) in [6.45, 7) is 6.00.